The van der Waals surface area contributed by atoms with Crippen molar-refractivity contribution in [1.82, 2.24) is 9.97 Å². The van der Waals surface area contributed by atoms with E-state index in [0.717, 1.165) is 12.3 Å². The van der Waals surface area contributed by atoms with E-state index in [9.17, 15) is 57.1 Å². The minimum Gasteiger partial charge on any atom is -0.351 e. The van der Waals surface area contributed by atoms with Gasteiger partial charge in [0.25, 0.3) is 5.92 Å². The Balaban J connectivity index is 0.000000274. The minimum absolute atomic E-state index is 0. The molecule has 0 spiro atoms. The fourth-order valence-electron chi connectivity index (χ4n) is 3.22. The predicted octanol–water partition coefficient (Wildman–Crippen LogP) is 7.97. The van der Waals surface area contributed by atoms with Gasteiger partial charge in [0.15, 0.2) is 0 Å². The van der Waals surface area contributed by atoms with Crippen LogP contribution in [-0.4, -0.2) is 33.7 Å². The molecule has 4 rings (SSSR count). The monoisotopic (exact) mass is 767 g/mol. The van der Waals surface area contributed by atoms with Gasteiger partial charge in [0.1, 0.15) is 0 Å². The Labute approximate surface area is 230 Å². The van der Waals surface area contributed by atoms with Crippen molar-refractivity contribution in [1.29, 1.82) is 0 Å². The van der Waals surface area contributed by atoms with Crippen molar-refractivity contribution in [2.45, 2.75) is 36.8 Å². The van der Waals surface area contributed by atoms with Crippen LogP contribution < -0.4 is 0 Å². The average Bonchev–Trinajstić information content (AvgIpc) is 2.81. The summed E-state index contributed by atoms with van der Waals surface area (Å²) >= 11 is 0. The average molecular weight is 767 g/mol. The van der Waals surface area contributed by atoms with Crippen molar-refractivity contribution >= 4 is 5.57 Å². The van der Waals surface area contributed by atoms with Crippen LogP contribution in [0.2, 0.25) is 0 Å². The summed E-state index contributed by atoms with van der Waals surface area (Å²) in [5.74, 6) is -27.0. The number of aromatic nitrogens is 2. The van der Waals surface area contributed by atoms with Crippen LogP contribution in [0.1, 0.15) is 16.8 Å². The van der Waals surface area contributed by atoms with E-state index in [-0.39, 0.29) is 25.8 Å². The molecule has 16 heteroatoms. The largest absolute Gasteiger partial charge is 0.405 e. The molecule has 0 unspecified atom stereocenters. The maximum Gasteiger partial charge on any atom is 0.405 e. The molecule has 0 N–H and O–H groups in total. The van der Waals surface area contributed by atoms with Gasteiger partial charge in [-0.1, -0.05) is 29.0 Å². The van der Waals surface area contributed by atoms with Gasteiger partial charge in [-0.2, -0.15) is 45.6 Å². The first-order chi connectivity index (χ1) is 17.8. The Kier molecular flexibility index (Phi) is 9.22. The summed E-state index contributed by atoms with van der Waals surface area (Å²) < 4.78 is 170. The maximum atomic E-state index is 13.8. The number of nitrogens with zero attached hydrogens (tertiary/aromatic N) is 2. The molecule has 2 nitrogen and oxygen atoms in total. The fourth-order valence-corrected chi connectivity index (χ4v) is 3.22. The van der Waals surface area contributed by atoms with E-state index in [1.807, 2.05) is 0 Å². The number of alkyl halides is 11. The van der Waals surface area contributed by atoms with Gasteiger partial charge in [-0.15, -0.1) is 23.8 Å². The fraction of sp³-hybridized carbons (Fsp3) is 0.250. The summed E-state index contributed by atoms with van der Waals surface area (Å²) in [6.07, 6.45) is -2.43. The van der Waals surface area contributed by atoms with Crippen molar-refractivity contribution in [3.05, 3.63) is 89.4 Å². The Morgan fingerprint density at radius 1 is 0.800 bits per heavy atom. The zero-order valence-corrected chi connectivity index (χ0v) is 21.7. The smallest absolute Gasteiger partial charge is 0.351 e. The van der Waals surface area contributed by atoms with Gasteiger partial charge in [0.2, 0.25) is 0 Å². The molecule has 1 aliphatic rings. The first-order valence-corrected chi connectivity index (χ1v) is 10.2. The normalized spacial score (nSPS) is 18.5. The zero-order valence-electron chi connectivity index (χ0n) is 19.3. The number of halogens is 13. The molecule has 1 aromatic carbocycles. The molecule has 0 amide bonds. The Hall–Kier alpha value is -3.00. The van der Waals surface area contributed by atoms with Crippen molar-refractivity contribution in [3.63, 3.8) is 0 Å². The SMILES string of the molecule is Cc1ccnc(-c2[c-]cc(F)c(C(F)(F)F)c2F)c1.FC1(F)[C-]=C(c2ccccn2)C(F)(F)C(F)(F)C1(F)F.[Ir]. The number of aryl methyl sites for hydroxylation is 1. The molecule has 3 aromatic rings. The van der Waals surface area contributed by atoms with Crippen LogP contribution in [-0.2, 0) is 26.3 Å². The van der Waals surface area contributed by atoms with Gasteiger partial charge >= 0.3 is 23.9 Å². The summed E-state index contributed by atoms with van der Waals surface area (Å²) in [6.45, 7) is 1.68. The van der Waals surface area contributed by atoms with Gasteiger partial charge in [-0.05, 0) is 24.8 Å². The van der Waals surface area contributed by atoms with E-state index < -0.39 is 63.9 Å². The van der Waals surface area contributed by atoms with Gasteiger partial charge < -0.3 is 9.97 Å². The van der Waals surface area contributed by atoms with Gasteiger partial charge in [-0.25, -0.2) is 8.78 Å². The van der Waals surface area contributed by atoms with Crippen LogP contribution >= 0.6 is 0 Å². The molecule has 1 aliphatic carbocycles. The first-order valence-electron chi connectivity index (χ1n) is 10.2. The molecule has 0 aliphatic heterocycles. The molecule has 0 saturated carbocycles. The van der Waals surface area contributed by atoms with E-state index in [1.54, 1.807) is 13.0 Å². The Morgan fingerprint density at radius 3 is 1.93 bits per heavy atom. The molecule has 0 atom stereocenters. The van der Waals surface area contributed by atoms with Crippen molar-refractivity contribution in [2.75, 3.05) is 0 Å². The molecule has 0 saturated heterocycles. The molecule has 219 valence electrons. The van der Waals surface area contributed by atoms with Gasteiger partial charge in [0.05, 0.1) is 11.6 Å². The van der Waals surface area contributed by atoms with E-state index >= 15 is 0 Å². The second-order valence-electron chi connectivity index (χ2n) is 7.93. The summed E-state index contributed by atoms with van der Waals surface area (Å²) in [5.41, 5.74) is -4.80. The molecular weight excluding hydrogens is 755 g/mol. The van der Waals surface area contributed by atoms with Crippen LogP contribution in [0.3, 0.4) is 0 Å². The van der Waals surface area contributed by atoms with E-state index in [4.69, 9.17) is 0 Å². The molecule has 1 radical (unpaired) electrons. The number of rotatable bonds is 2. The van der Waals surface area contributed by atoms with E-state index in [1.165, 1.54) is 18.3 Å². The van der Waals surface area contributed by atoms with Crippen LogP contribution in [0.15, 0.2) is 48.8 Å². The number of benzene rings is 1. The summed E-state index contributed by atoms with van der Waals surface area (Å²) in [6, 6.07) is 8.58. The van der Waals surface area contributed by atoms with E-state index in [2.05, 4.69) is 16.0 Å². The third kappa shape index (κ3) is 5.73. The van der Waals surface area contributed by atoms with Crippen LogP contribution in [0, 0.1) is 30.7 Å². The maximum absolute atomic E-state index is 13.8. The molecule has 0 fully saturated rings. The first kappa shape index (κ1) is 33.2. The molecule has 40 heavy (non-hydrogen) atoms. The zero-order chi connectivity index (χ0) is 29.6. The number of pyridine rings is 2. The second kappa shape index (κ2) is 11.1. The summed E-state index contributed by atoms with van der Waals surface area (Å²) in [5, 5.41) is 0. The molecule has 0 bridgehead atoms. The van der Waals surface area contributed by atoms with Gasteiger partial charge in [0, 0.05) is 38.1 Å². The quantitative estimate of drug-likeness (QED) is 0.196. The van der Waals surface area contributed by atoms with Crippen molar-refractivity contribution in [3.8, 4) is 11.3 Å². The third-order valence-corrected chi connectivity index (χ3v) is 5.18. The topological polar surface area (TPSA) is 25.8 Å². The van der Waals surface area contributed by atoms with Crippen LogP contribution in [0.25, 0.3) is 16.8 Å². The van der Waals surface area contributed by atoms with Crippen molar-refractivity contribution in [2.24, 2.45) is 0 Å². The molecule has 2 aromatic heterocycles. The Bertz CT molecular complexity index is 1390. The third-order valence-electron chi connectivity index (χ3n) is 5.18. The number of allylic oxidation sites excluding steroid dienone is 2. The van der Waals surface area contributed by atoms with Crippen LogP contribution in [0.4, 0.5) is 57.1 Å². The predicted molar refractivity (Wildman–Crippen MR) is 109 cm³/mol. The van der Waals surface area contributed by atoms with Crippen molar-refractivity contribution < 1.29 is 77.2 Å². The van der Waals surface area contributed by atoms with Gasteiger partial charge in [-0.3, -0.25) is 8.78 Å². The van der Waals surface area contributed by atoms with E-state index in [0.29, 0.717) is 23.8 Å². The second-order valence-corrected chi connectivity index (χ2v) is 7.93. The standard InChI is InChI=1S/C13H7F5N.C11H4F8N.Ir/c1-7-4-5-19-10(6-7)8-2-3-9(14)11(12(8)15)13(16,17)18;12-8(13)5-6(7-3-1-2-4-20-7)9(14,15)11(18,19)10(8,16)17;/h3-6H,1H3;1-4H;/q2*-1;. The molecular formula is C24H11F13IrN2-2. The van der Waals surface area contributed by atoms with Crippen LogP contribution in [0.5, 0.6) is 0 Å². The summed E-state index contributed by atoms with van der Waals surface area (Å²) in [7, 11) is 0. The number of hydrogen-bond acceptors (Lipinski definition) is 2. The minimum atomic E-state index is -6.28. The summed E-state index contributed by atoms with van der Waals surface area (Å²) in [4.78, 5) is 6.95. The Morgan fingerprint density at radius 2 is 1.40 bits per heavy atom. The number of hydrogen-bond donors (Lipinski definition) is 0. The molecule has 2 heterocycles.